The highest BCUT2D eigenvalue weighted by molar-refractivity contribution is 5.82. The average Bonchev–Trinajstić information content (AvgIpc) is 2.35. The molecule has 5 nitrogen and oxygen atoms in total. The number of amides is 2. The average molecular weight is 263 g/mol. The highest BCUT2D eigenvalue weighted by Gasteiger charge is 2.25. The van der Waals surface area contributed by atoms with Gasteiger partial charge in [0.05, 0.1) is 5.41 Å². The standard InChI is InChI=1S/C14H21N3O2/c1-14(2,13(16)19)9-17-12(18)8-7-10-5-3-4-6-11(10)15/h3-6H,7-9,15H2,1-2H3,(H2,16,19)(H,17,18). The van der Waals surface area contributed by atoms with E-state index in [1.807, 2.05) is 24.3 Å². The summed E-state index contributed by atoms with van der Waals surface area (Å²) in [5.41, 5.74) is 11.9. The SMILES string of the molecule is CC(C)(CNC(=O)CCc1ccccc1N)C(N)=O. The first-order chi connectivity index (χ1) is 8.83. The van der Waals surface area contributed by atoms with Crippen LogP contribution in [0.1, 0.15) is 25.8 Å². The molecule has 0 fully saturated rings. The largest absolute Gasteiger partial charge is 0.399 e. The van der Waals surface area contributed by atoms with Crippen molar-refractivity contribution >= 4 is 17.5 Å². The lowest BCUT2D eigenvalue weighted by Gasteiger charge is -2.20. The van der Waals surface area contributed by atoms with E-state index < -0.39 is 11.3 Å². The number of carbonyl (C=O) groups excluding carboxylic acids is 2. The lowest BCUT2D eigenvalue weighted by atomic mass is 9.92. The molecule has 1 aromatic carbocycles. The summed E-state index contributed by atoms with van der Waals surface area (Å²) in [6.45, 7) is 3.64. The van der Waals surface area contributed by atoms with Crippen LogP contribution < -0.4 is 16.8 Å². The van der Waals surface area contributed by atoms with Gasteiger partial charge in [-0.1, -0.05) is 18.2 Å². The van der Waals surface area contributed by atoms with Crippen LogP contribution >= 0.6 is 0 Å². The first-order valence-corrected chi connectivity index (χ1v) is 6.23. The Hall–Kier alpha value is -2.04. The first-order valence-electron chi connectivity index (χ1n) is 6.23. The minimum atomic E-state index is -0.735. The molecule has 0 saturated heterocycles. The van der Waals surface area contributed by atoms with Crippen LogP contribution in [0, 0.1) is 5.41 Å². The predicted octanol–water partition coefficient (Wildman–Crippen LogP) is 0.829. The fourth-order valence-electron chi connectivity index (χ4n) is 1.51. The van der Waals surface area contributed by atoms with E-state index in [1.54, 1.807) is 13.8 Å². The molecular weight excluding hydrogens is 242 g/mol. The third kappa shape index (κ3) is 4.62. The molecule has 104 valence electrons. The van der Waals surface area contributed by atoms with Crippen molar-refractivity contribution < 1.29 is 9.59 Å². The van der Waals surface area contributed by atoms with Crippen molar-refractivity contribution in [3.63, 3.8) is 0 Å². The number of para-hydroxylation sites is 1. The Labute approximate surface area is 113 Å². The topological polar surface area (TPSA) is 98.2 Å². The summed E-state index contributed by atoms with van der Waals surface area (Å²) in [6, 6.07) is 7.45. The minimum Gasteiger partial charge on any atom is -0.399 e. The number of carbonyl (C=O) groups is 2. The van der Waals surface area contributed by atoms with E-state index in [1.165, 1.54) is 0 Å². The van der Waals surface area contributed by atoms with Crippen LogP contribution in [0.4, 0.5) is 5.69 Å². The molecule has 19 heavy (non-hydrogen) atoms. The number of nitrogens with two attached hydrogens (primary N) is 2. The summed E-state index contributed by atoms with van der Waals surface area (Å²) in [7, 11) is 0. The maximum Gasteiger partial charge on any atom is 0.224 e. The van der Waals surface area contributed by atoms with Crippen LogP contribution in [0.3, 0.4) is 0 Å². The Morgan fingerprint density at radius 2 is 1.89 bits per heavy atom. The van der Waals surface area contributed by atoms with Crippen molar-refractivity contribution in [2.24, 2.45) is 11.1 Å². The molecule has 2 amide bonds. The van der Waals surface area contributed by atoms with Gasteiger partial charge in [0.15, 0.2) is 0 Å². The number of hydrogen-bond acceptors (Lipinski definition) is 3. The van der Waals surface area contributed by atoms with Gasteiger partial charge in [0, 0.05) is 18.7 Å². The maximum atomic E-state index is 11.7. The number of nitrogens with one attached hydrogen (secondary N) is 1. The summed E-state index contributed by atoms with van der Waals surface area (Å²) in [5, 5.41) is 2.71. The molecule has 5 heteroatoms. The van der Waals surface area contributed by atoms with E-state index in [-0.39, 0.29) is 12.5 Å². The highest BCUT2D eigenvalue weighted by Crippen LogP contribution is 2.14. The van der Waals surface area contributed by atoms with Crippen LogP contribution in [0.5, 0.6) is 0 Å². The van der Waals surface area contributed by atoms with Crippen molar-refractivity contribution in [1.82, 2.24) is 5.32 Å². The fourth-order valence-corrected chi connectivity index (χ4v) is 1.51. The van der Waals surface area contributed by atoms with Crippen LogP contribution in [0.15, 0.2) is 24.3 Å². The molecule has 0 saturated carbocycles. The van der Waals surface area contributed by atoms with Gasteiger partial charge in [-0.2, -0.15) is 0 Å². The van der Waals surface area contributed by atoms with Crippen LogP contribution in [-0.4, -0.2) is 18.4 Å². The second kappa shape index (κ2) is 6.22. The Kier molecular flexibility index (Phi) is 4.92. The second-order valence-corrected chi connectivity index (χ2v) is 5.22. The molecule has 0 bridgehead atoms. The van der Waals surface area contributed by atoms with Crippen LogP contribution in [0.2, 0.25) is 0 Å². The number of anilines is 1. The lowest BCUT2D eigenvalue weighted by Crippen LogP contribution is -2.42. The number of nitrogen functional groups attached to an aromatic ring is 1. The molecule has 0 unspecified atom stereocenters. The molecule has 0 spiro atoms. The van der Waals surface area contributed by atoms with Crippen molar-refractivity contribution in [3.8, 4) is 0 Å². The van der Waals surface area contributed by atoms with Crippen molar-refractivity contribution in [3.05, 3.63) is 29.8 Å². The number of aryl methyl sites for hydroxylation is 1. The maximum absolute atomic E-state index is 11.7. The minimum absolute atomic E-state index is 0.113. The van der Waals surface area contributed by atoms with Crippen molar-refractivity contribution in [2.45, 2.75) is 26.7 Å². The predicted molar refractivity (Wildman–Crippen MR) is 75.2 cm³/mol. The van der Waals surface area contributed by atoms with E-state index in [4.69, 9.17) is 11.5 Å². The second-order valence-electron chi connectivity index (χ2n) is 5.22. The zero-order valence-corrected chi connectivity index (χ0v) is 11.4. The third-order valence-corrected chi connectivity index (χ3v) is 3.07. The Bertz CT molecular complexity index is 470. The van der Waals surface area contributed by atoms with Crippen LogP contribution in [-0.2, 0) is 16.0 Å². The van der Waals surface area contributed by atoms with Crippen LogP contribution in [0.25, 0.3) is 0 Å². The van der Waals surface area contributed by atoms with Gasteiger partial charge in [-0.05, 0) is 31.9 Å². The van der Waals surface area contributed by atoms with Gasteiger partial charge in [0.25, 0.3) is 0 Å². The summed E-state index contributed by atoms with van der Waals surface area (Å²) in [4.78, 5) is 22.8. The summed E-state index contributed by atoms with van der Waals surface area (Å²) in [5.74, 6) is -0.544. The molecule has 0 aliphatic rings. The van der Waals surface area contributed by atoms with E-state index in [0.717, 1.165) is 5.56 Å². The third-order valence-electron chi connectivity index (χ3n) is 3.07. The molecule has 0 atom stereocenters. The number of benzene rings is 1. The Morgan fingerprint density at radius 3 is 2.47 bits per heavy atom. The van der Waals surface area contributed by atoms with E-state index in [2.05, 4.69) is 5.32 Å². The number of hydrogen-bond donors (Lipinski definition) is 3. The zero-order chi connectivity index (χ0) is 14.5. The van der Waals surface area contributed by atoms with Gasteiger partial charge in [-0.15, -0.1) is 0 Å². The van der Waals surface area contributed by atoms with Crippen molar-refractivity contribution in [1.29, 1.82) is 0 Å². The smallest absolute Gasteiger partial charge is 0.224 e. The van der Waals surface area contributed by atoms with Gasteiger partial charge >= 0.3 is 0 Å². The van der Waals surface area contributed by atoms with Gasteiger partial charge in [-0.3, -0.25) is 9.59 Å². The van der Waals surface area contributed by atoms with Gasteiger partial charge < -0.3 is 16.8 Å². The molecule has 0 aromatic heterocycles. The molecular formula is C14H21N3O2. The Morgan fingerprint density at radius 1 is 1.26 bits per heavy atom. The lowest BCUT2D eigenvalue weighted by molar-refractivity contribution is -0.127. The number of primary amides is 1. The molecule has 0 heterocycles. The zero-order valence-electron chi connectivity index (χ0n) is 11.4. The first kappa shape index (κ1) is 15.0. The van der Waals surface area contributed by atoms with Crippen molar-refractivity contribution in [2.75, 3.05) is 12.3 Å². The molecule has 0 aliphatic carbocycles. The number of rotatable bonds is 6. The quantitative estimate of drug-likeness (QED) is 0.663. The monoisotopic (exact) mass is 263 g/mol. The molecule has 1 rings (SSSR count). The van der Waals surface area contributed by atoms with E-state index in [9.17, 15) is 9.59 Å². The van der Waals surface area contributed by atoms with E-state index >= 15 is 0 Å². The fraction of sp³-hybridized carbons (Fsp3) is 0.429. The summed E-state index contributed by atoms with van der Waals surface area (Å²) in [6.07, 6.45) is 0.915. The van der Waals surface area contributed by atoms with Gasteiger partial charge in [0.1, 0.15) is 0 Å². The molecule has 5 N–H and O–H groups in total. The molecule has 0 aliphatic heterocycles. The normalized spacial score (nSPS) is 11.1. The van der Waals surface area contributed by atoms with Gasteiger partial charge in [-0.25, -0.2) is 0 Å². The Balaban J connectivity index is 2.41. The molecule has 1 aromatic rings. The summed E-state index contributed by atoms with van der Waals surface area (Å²) >= 11 is 0. The van der Waals surface area contributed by atoms with Gasteiger partial charge in [0.2, 0.25) is 11.8 Å². The molecule has 0 radical (unpaired) electrons. The highest BCUT2D eigenvalue weighted by atomic mass is 16.2. The van der Waals surface area contributed by atoms with E-state index in [0.29, 0.717) is 18.5 Å². The summed E-state index contributed by atoms with van der Waals surface area (Å²) < 4.78 is 0.